The molecule has 8 nitrogen and oxygen atoms in total. The summed E-state index contributed by atoms with van der Waals surface area (Å²) in [6.45, 7) is 4.55. The van der Waals surface area contributed by atoms with Crippen LogP contribution in [0.25, 0.3) is 0 Å². The van der Waals surface area contributed by atoms with Gasteiger partial charge in [-0.15, -0.1) is 0 Å². The van der Waals surface area contributed by atoms with Crippen molar-refractivity contribution in [2.75, 3.05) is 41.0 Å². The zero-order valence-corrected chi connectivity index (χ0v) is 30.7. The number of carbonyl (C=O) groups is 3. The topological polar surface area (TPSA) is 99.1 Å². The lowest BCUT2D eigenvalue weighted by molar-refractivity contribution is -0.887. The van der Waals surface area contributed by atoms with E-state index in [9.17, 15) is 19.5 Å². The lowest BCUT2D eigenvalue weighted by Gasteiger charge is -2.31. The monoisotopic (exact) mass is 665 g/mol. The number of carboxylic acid groups (broad SMARTS) is 1. The smallest absolute Gasteiger partial charge is 0.362 e. The maximum absolute atomic E-state index is 12.6. The molecule has 8 heteroatoms. The highest BCUT2D eigenvalue weighted by Crippen LogP contribution is 2.13. The molecule has 0 aliphatic heterocycles. The van der Waals surface area contributed by atoms with Crippen molar-refractivity contribution in [1.82, 2.24) is 0 Å². The normalized spacial score (nSPS) is 13.5. The molecule has 0 saturated carbocycles. The number of unbranched alkanes of at least 4 members (excludes halogenated alkanes) is 12. The Bertz CT molecular complexity index is 875. The quantitative estimate of drug-likeness (QED) is 0.0331. The average Bonchev–Trinajstić information content (AvgIpc) is 3.01. The zero-order valence-electron chi connectivity index (χ0n) is 30.7. The SMILES string of the molecule is CC/C=C\C/C=C\C/C=C\CCCCCCCC(=O)OC(COCCC(C(=O)O)[N+](C)(C)C)COC(=O)CCCCCCCCCC. The van der Waals surface area contributed by atoms with E-state index in [0.717, 1.165) is 77.0 Å². The molecule has 0 spiro atoms. The van der Waals surface area contributed by atoms with Crippen LogP contribution < -0.4 is 0 Å². The van der Waals surface area contributed by atoms with Crippen LogP contribution in [-0.4, -0.2) is 80.6 Å². The summed E-state index contributed by atoms with van der Waals surface area (Å²) in [5.74, 6) is -1.50. The van der Waals surface area contributed by atoms with Gasteiger partial charge >= 0.3 is 17.9 Å². The second-order valence-corrected chi connectivity index (χ2v) is 13.5. The molecule has 1 N–H and O–H groups in total. The maximum atomic E-state index is 12.6. The number of allylic oxidation sites excluding steroid dienone is 6. The number of aliphatic carboxylic acids is 1. The number of nitrogens with zero attached hydrogens (tertiary/aromatic N) is 1. The van der Waals surface area contributed by atoms with E-state index in [2.05, 4.69) is 50.3 Å². The molecule has 2 unspecified atom stereocenters. The van der Waals surface area contributed by atoms with Gasteiger partial charge in [0.25, 0.3) is 0 Å². The second-order valence-electron chi connectivity index (χ2n) is 13.5. The van der Waals surface area contributed by atoms with E-state index >= 15 is 0 Å². The number of hydrogen-bond acceptors (Lipinski definition) is 6. The third-order valence-corrected chi connectivity index (χ3v) is 8.05. The van der Waals surface area contributed by atoms with Crippen LogP contribution in [0.1, 0.15) is 142 Å². The minimum absolute atomic E-state index is 0.0550. The first-order chi connectivity index (χ1) is 22.6. The summed E-state index contributed by atoms with van der Waals surface area (Å²) in [6.07, 6.45) is 31.9. The Hall–Kier alpha value is -2.45. The highest BCUT2D eigenvalue weighted by molar-refractivity contribution is 5.72. The lowest BCUT2D eigenvalue weighted by Crippen LogP contribution is -2.50. The van der Waals surface area contributed by atoms with Crippen LogP contribution in [-0.2, 0) is 28.6 Å². The molecular weight excluding hydrogens is 594 g/mol. The Morgan fingerprint density at radius 1 is 0.660 bits per heavy atom. The Kier molecular flexibility index (Phi) is 29.2. The highest BCUT2D eigenvalue weighted by Gasteiger charge is 2.31. The van der Waals surface area contributed by atoms with Gasteiger partial charge in [0.05, 0.1) is 34.4 Å². The number of carbonyl (C=O) groups excluding carboxylic acids is 2. The van der Waals surface area contributed by atoms with Gasteiger partial charge in [-0.25, -0.2) is 4.79 Å². The summed E-state index contributed by atoms with van der Waals surface area (Å²) >= 11 is 0. The van der Waals surface area contributed by atoms with E-state index in [-0.39, 0.29) is 36.2 Å². The van der Waals surface area contributed by atoms with Crippen molar-refractivity contribution in [2.24, 2.45) is 0 Å². The van der Waals surface area contributed by atoms with Gasteiger partial charge in [-0.05, 0) is 44.9 Å². The van der Waals surface area contributed by atoms with Gasteiger partial charge in [-0.2, -0.15) is 0 Å². The minimum atomic E-state index is -0.880. The summed E-state index contributed by atoms with van der Waals surface area (Å²) < 4.78 is 17.1. The molecule has 0 amide bonds. The zero-order chi connectivity index (χ0) is 35.0. The van der Waals surface area contributed by atoms with Gasteiger partial charge < -0.3 is 23.8 Å². The third kappa shape index (κ3) is 29.4. The first kappa shape index (κ1) is 44.5. The fourth-order valence-corrected chi connectivity index (χ4v) is 5.16. The van der Waals surface area contributed by atoms with Crippen LogP contribution in [0.3, 0.4) is 0 Å². The minimum Gasteiger partial charge on any atom is -0.477 e. The van der Waals surface area contributed by atoms with Gasteiger partial charge in [0.1, 0.15) is 6.61 Å². The van der Waals surface area contributed by atoms with Crippen molar-refractivity contribution in [1.29, 1.82) is 0 Å². The van der Waals surface area contributed by atoms with E-state index in [4.69, 9.17) is 14.2 Å². The molecule has 0 aromatic rings. The molecule has 2 atom stereocenters. The van der Waals surface area contributed by atoms with Gasteiger partial charge in [0.2, 0.25) is 0 Å². The van der Waals surface area contributed by atoms with Crippen LogP contribution in [0.4, 0.5) is 0 Å². The van der Waals surface area contributed by atoms with Gasteiger partial charge in [-0.1, -0.05) is 115 Å². The van der Waals surface area contributed by atoms with E-state index in [0.29, 0.717) is 19.3 Å². The molecule has 0 saturated heterocycles. The molecule has 272 valence electrons. The number of ether oxygens (including phenoxy) is 3. The van der Waals surface area contributed by atoms with E-state index in [1.165, 1.54) is 32.1 Å². The molecule has 0 rings (SSSR count). The second kappa shape index (κ2) is 30.9. The van der Waals surface area contributed by atoms with Crippen LogP contribution in [0.15, 0.2) is 36.5 Å². The molecule has 0 bridgehead atoms. The summed E-state index contributed by atoms with van der Waals surface area (Å²) in [4.78, 5) is 36.6. The van der Waals surface area contributed by atoms with Crippen molar-refractivity contribution in [3.05, 3.63) is 36.5 Å². The molecule has 0 heterocycles. The number of carboxylic acids is 1. The molecule has 0 aliphatic carbocycles. The molecule has 0 fully saturated rings. The molecule has 0 aromatic heterocycles. The number of quaternary nitrogens is 1. The number of hydrogen-bond donors (Lipinski definition) is 1. The van der Waals surface area contributed by atoms with Crippen LogP contribution in [0.2, 0.25) is 0 Å². The Labute approximate surface area is 287 Å². The number of likely N-dealkylation sites (N-methyl/N-ethyl adjacent to an activating group) is 1. The molecule has 0 radical (unpaired) electrons. The molecule has 47 heavy (non-hydrogen) atoms. The summed E-state index contributed by atoms with van der Waals surface area (Å²) in [6, 6.07) is -0.614. The van der Waals surface area contributed by atoms with Crippen LogP contribution >= 0.6 is 0 Å². The Morgan fingerprint density at radius 3 is 1.77 bits per heavy atom. The number of rotatable bonds is 32. The summed E-state index contributed by atoms with van der Waals surface area (Å²) in [5, 5.41) is 9.56. The van der Waals surface area contributed by atoms with Crippen molar-refractivity contribution in [3.63, 3.8) is 0 Å². The summed E-state index contributed by atoms with van der Waals surface area (Å²) in [7, 11) is 5.50. The Balaban J connectivity index is 4.45. The highest BCUT2D eigenvalue weighted by atomic mass is 16.6. The fourth-order valence-electron chi connectivity index (χ4n) is 5.16. The van der Waals surface area contributed by atoms with Crippen molar-refractivity contribution in [3.8, 4) is 0 Å². The van der Waals surface area contributed by atoms with Crippen molar-refractivity contribution in [2.45, 2.75) is 154 Å². The fraction of sp³-hybridized carbons (Fsp3) is 0.769. The van der Waals surface area contributed by atoms with Gasteiger partial charge in [0.15, 0.2) is 12.1 Å². The van der Waals surface area contributed by atoms with Crippen molar-refractivity contribution >= 4 is 17.9 Å². The first-order valence-corrected chi connectivity index (χ1v) is 18.5. The molecule has 0 aromatic carbocycles. The predicted octanol–water partition coefficient (Wildman–Crippen LogP) is 9.13. The van der Waals surface area contributed by atoms with E-state index < -0.39 is 18.1 Å². The molecular formula is C39H70NO7+. The molecule has 0 aliphatic rings. The van der Waals surface area contributed by atoms with E-state index in [1.54, 1.807) is 0 Å². The standard InChI is InChI=1S/C39H69NO7/c1-6-8-10-12-14-16-17-18-19-20-21-22-24-26-28-30-38(42)47-35(33-45-32-31-36(39(43)44)40(3,4)5)34-46-37(41)29-27-25-23-15-13-11-9-7-2/h8,10,14,16,18-19,35-36H,6-7,9,11-13,15,17,20-34H2,1-5H3/p+1/b10-8-,16-14-,19-18-. The van der Waals surface area contributed by atoms with Crippen molar-refractivity contribution < 1.29 is 38.2 Å². The maximum Gasteiger partial charge on any atom is 0.362 e. The third-order valence-electron chi connectivity index (χ3n) is 8.05. The van der Waals surface area contributed by atoms with Gasteiger partial charge in [0, 0.05) is 19.3 Å². The largest absolute Gasteiger partial charge is 0.477 e. The Morgan fingerprint density at radius 2 is 1.19 bits per heavy atom. The van der Waals surface area contributed by atoms with E-state index in [1.807, 2.05) is 21.1 Å². The number of esters is 2. The van der Waals surface area contributed by atoms with Crippen LogP contribution in [0, 0.1) is 0 Å². The first-order valence-electron chi connectivity index (χ1n) is 18.5. The summed E-state index contributed by atoms with van der Waals surface area (Å²) in [5.41, 5.74) is 0. The predicted molar refractivity (Wildman–Crippen MR) is 192 cm³/mol. The van der Waals surface area contributed by atoms with Crippen LogP contribution in [0.5, 0.6) is 0 Å². The van der Waals surface area contributed by atoms with Gasteiger partial charge in [-0.3, -0.25) is 9.59 Å². The average molecular weight is 665 g/mol. The lowest BCUT2D eigenvalue weighted by atomic mass is 10.1.